The molecule has 21 heavy (non-hydrogen) atoms. The van der Waals surface area contributed by atoms with Gasteiger partial charge < -0.3 is 5.32 Å². The van der Waals surface area contributed by atoms with E-state index in [9.17, 15) is 13.2 Å². The minimum atomic E-state index is -4.01. The average Bonchev–Trinajstić information content (AvgIpc) is 2.47. The third-order valence-corrected chi connectivity index (χ3v) is 4.48. The van der Waals surface area contributed by atoms with Gasteiger partial charge in [-0.2, -0.15) is 13.2 Å². The molecule has 0 aromatic heterocycles. The molecule has 1 aromatic rings. The fraction of sp³-hybridized carbons (Fsp3) is 0.647. The molecule has 0 bridgehead atoms. The molecule has 4 heteroatoms. The Labute approximate surface area is 124 Å². The quantitative estimate of drug-likeness (QED) is 0.829. The van der Waals surface area contributed by atoms with Crippen LogP contribution < -0.4 is 5.32 Å². The van der Waals surface area contributed by atoms with Crippen LogP contribution in [-0.2, 0) is 6.42 Å². The predicted octanol–water partition coefficient (Wildman–Crippen LogP) is 4.72. The molecule has 1 atom stereocenters. The first kappa shape index (κ1) is 16.3. The van der Waals surface area contributed by atoms with Crippen molar-refractivity contribution in [2.24, 2.45) is 5.92 Å². The van der Waals surface area contributed by atoms with Gasteiger partial charge >= 0.3 is 6.18 Å². The van der Waals surface area contributed by atoms with Crippen molar-refractivity contribution in [2.45, 2.75) is 63.7 Å². The van der Waals surface area contributed by atoms with Gasteiger partial charge in [-0.05, 0) is 44.1 Å². The highest BCUT2D eigenvalue weighted by Crippen LogP contribution is 2.37. The molecule has 1 unspecified atom stereocenters. The summed E-state index contributed by atoms with van der Waals surface area (Å²) >= 11 is 0. The minimum absolute atomic E-state index is 0.234. The molecule has 118 valence electrons. The Kier molecular flexibility index (Phi) is 5.68. The lowest BCUT2D eigenvalue weighted by Crippen LogP contribution is -2.42. The second-order valence-corrected chi connectivity index (χ2v) is 6.05. The molecule has 0 radical (unpaired) electrons. The molecule has 1 nitrogen and oxygen atoms in total. The van der Waals surface area contributed by atoms with Crippen LogP contribution >= 0.6 is 0 Å². The van der Waals surface area contributed by atoms with Gasteiger partial charge in [0.1, 0.15) is 0 Å². The molecule has 0 aliphatic heterocycles. The van der Waals surface area contributed by atoms with Crippen molar-refractivity contribution in [3.05, 3.63) is 35.9 Å². The van der Waals surface area contributed by atoms with E-state index < -0.39 is 12.1 Å². The van der Waals surface area contributed by atoms with Crippen LogP contribution in [0.4, 0.5) is 13.2 Å². The van der Waals surface area contributed by atoms with Crippen LogP contribution in [0.25, 0.3) is 0 Å². The lowest BCUT2D eigenvalue weighted by Gasteiger charge is -2.33. The first-order valence-corrected chi connectivity index (χ1v) is 7.85. The van der Waals surface area contributed by atoms with E-state index in [1.54, 1.807) is 0 Å². The monoisotopic (exact) mass is 299 g/mol. The summed E-state index contributed by atoms with van der Waals surface area (Å²) in [5.41, 5.74) is 1.28. The third-order valence-electron chi connectivity index (χ3n) is 4.48. The number of benzene rings is 1. The molecule has 1 N–H and O–H groups in total. The summed E-state index contributed by atoms with van der Waals surface area (Å²) in [7, 11) is 0. The largest absolute Gasteiger partial charge is 0.391 e. The fourth-order valence-corrected chi connectivity index (χ4v) is 3.14. The standard InChI is InChI=1S/C17H24F3N/c1-2-15(12-13-6-4-3-5-7-13)21-16-10-8-14(9-11-16)17(18,19)20/h3-7,14-16,21H,2,8-12H2,1H3. The molecule has 0 amide bonds. The van der Waals surface area contributed by atoms with Crippen molar-refractivity contribution < 1.29 is 13.2 Å². The second kappa shape index (κ2) is 7.30. The molecule has 2 rings (SSSR count). The van der Waals surface area contributed by atoms with Crippen molar-refractivity contribution in [2.75, 3.05) is 0 Å². The molecule has 1 fully saturated rings. The van der Waals surface area contributed by atoms with Gasteiger partial charge in [0.15, 0.2) is 0 Å². The molecule has 0 heterocycles. The summed E-state index contributed by atoms with van der Waals surface area (Å²) in [5.74, 6) is -1.09. The van der Waals surface area contributed by atoms with Gasteiger partial charge in [-0.25, -0.2) is 0 Å². The summed E-state index contributed by atoms with van der Waals surface area (Å²) in [6, 6.07) is 10.8. The Morgan fingerprint density at radius 2 is 1.71 bits per heavy atom. The molecule has 0 spiro atoms. The van der Waals surface area contributed by atoms with Crippen LogP contribution in [0.1, 0.15) is 44.6 Å². The van der Waals surface area contributed by atoms with E-state index in [1.807, 2.05) is 18.2 Å². The first-order chi connectivity index (χ1) is 9.99. The van der Waals surface area contributed by atoms with Crippen LogP contribution in [0.5, 0.6) is 0 Å². The highest BCUT2D eigenvalue weighted by atomic mass is 19.4. The van der Waals surface area contributed by atoms with Crippen LogP contribution in [0.3, 0.4) is 0 Å². The van der Waals surface area contributed by atoms with Crippen LogP contribution in [-0.4, -0.2) is 18.3 Å². The zero-order valence-electron chi connectivity index (χ0n) is 12.5. The van der Waals surface area contributed by atoms with Gasteiger partial charge in [0.2, 0.25) is 0 Å². The Morgan fingerprint density at radius 1 is 1.10 bits per heavy atom. The Morgan fingerprint density at radius 3 is 2.24 bits per heavy atom. The van der Waals surface area contributed by atoms with Gasteiger partial charge in [0.05, 0.1) is 5.92 Å². The van der Waals surface area contributed by atoms with Gasteiger partial charge in [0, 0.05) is 12.1 Å². The Hall–Kier alpha value is -1.03. The SMILES string of the molecule is CCC(Cc1ccccc1)NC1CCC(C(F)(F)F)CC1. The minimum Gasteiger partial charge on any atom is -0.311 e. The fourth-order valence-electron chi connectivity index (χ4n) is 3.14. The number of hydrogen-bond acceptors (Lipinski definition) is 1. The van der Waals surface area contributed by atoms with Crippen LogP contribution in [0.2, 0.25) is 0 Å². The number of alkyl halides is 3. The maximum Gasteiger partial charge on any atom is 0.391 e. The van der Waals surface area contributed by atoms with E-state index in [-0.39, 0.29) is 18.9 Å². The number of halogens is 3. The second-order valence-electron chi connectivity index (χ2n) is 6.05. The Bertz CT molecular complexity index is 408. The topological polar surface area (TPSA) is 12.0 Å². The normalized spacial score (nSPS) is 24.8. The lowest BCUT2D eigenvalue weighted by molar-refractivity contribution is -0.182. The van der Waals surface area contributed by atoms with Crippen molar-refractivity contribution in [3.8, 4) is 0 Å². The molecular weight excluding hydrogens is 275 g/mol. The summed E-state index contributed by atoms with van der Waals surface area (Å²) in [6.45, 7) is 2.13. The summed E-state index contributed by atoms with van der Waals surface area (Å²) in [4.78, 5) is 0. The van der Waals surface area contributed by atoms with Crippen molar-refractivity contribution >= 4 is 0 Å². The first-order valence-electron chi connectivity index (χ1n) is 7.85. The van der Waals surface area contributed by atoms with E-state index in [0.29, 0.717) is 18.9 Å². The molecular formula is C17H24F3N. The Balaban J connectivity index is 1.81. The summed E-state index contributed by atoms with van der Waals surface area (Å²) in [6.07, 6.45) is -0.277. The van der Waals surface area contributed by atoms with Gasteiger partial charge in [-0.3, -0.25) is 0 Å². The van der Waals surface area contributed by atoms with Gasteiger partial charge in [0.25, 0.3) is 0 Å². The predicted molar refractivity (Wildman–Crippen MR) is 79.2 cm³/mol. The summed E-state index contributed by atoms with van der Waals surface area (Å²) in [5, 5.41) is 3.56. The van der Waals surface area contributed by atoms with Gasteiger partial charge in [-0.1, -0.05) is 37.3 Å². The van der Waals surface area contributed by atoms with E-state index in [0.717, 1.165) is 12.8 Å². The maximum absolute atomic E-state index is 12.7. The summed E-state index contributed by atoms with van der Waals surface area (Å²) < 4.78 is 38.0. The van der Waals surface area contributed by atoms with E-state index >= 15 is 0 Å². The number of rotatable bonds is 5. The molecule has 0 saturated heterocycles. The van der Waals surface area contributed by atoms with Crippen molar-refractivity contribution in [3.63, 3.8) is 0 Å². The van der Waals surface area contributed by atoms with Crippen molar-refractivity contribution in [1.82, 2.24) is 5.32 Å². The number of nitrogens with one attached hydrogen (secondary N) is 1. The van der Waals surface area contributed by atoms with Crippen molar-refractivity contribution in [1.29, 1.82) is 0 Å². The molecule has 1 aromatic carbocycles. The molecule has 1 aliphatic rings. The van der Waals surface area contributed by atoms with E-state index in [4.69, 9.17) is 0 Å². The highest BCUT2D eigenvalue weighted by molar-refractivity contribution is 5.15. The van der Waals surface area contributed by atoms with E-state index in [2.05, 4.69) is 24.4 Å². The lowest BCUT2D eigenvalue weighted by atomic mass is 9.85. The highest BCUT2D eigenvalue weighted by Gasteiger charge is 2.41. The van der Waals surface area contributed by atoms with Crippen LogP contribution in [0, 0.1) is 5.92 Å². The zero-order valence-corrected chi connectivity index (χ0v) is 12.5. The third kappa shape index (κ3) is 5.03. The maximum atomic E-state index is 12.7. The average molecular weight is 299 g/mol. The van der Waals surface area contributed by atoms with Crippen LogP contribution in [0.15, 0.2) is 30.3 Å². The molecule has 1 saturated carbocycles. The number of hydrogen-bond donors (Lipinski definition) is 1. The smallest absolute Gasteiger partial charge is 0.311 e. The molecule has 1 aliphatic carbocycles. The van der Waals surface area contributed by atoms with Gasteiger partial charge in [-0.15, -0.1) is 0 Å². The van der Waals surface area contributed by atoms with E-state index in [1.165, 1.54) is 5.56 Å². The zero-order chi connectivity index (χ0) is 15.3.